The van der Waals surface area contributed by atoms with E-state index in [-0.39, 0.29) is 17.6 Å². The number of carbonyl (C=O) groups excluding carboxylic acids is 1. The van der Waals surface area contributed by atoms with E-state index in [1.165, 1.54) is 12.1 Å². The molecule has 1 aliphatic heterocycles. The summed E-state index contributed by atoms with van der Waals surface area (Å²) in [6, 6.07) is 4.77. The summed E-state index contributed by atoms with van der Waals surface area (Å²) in [4.78, 5) is 13.4. The van der Waals surface area contributed by atoms with Crippen molar-refractivity contribution in [2.75, 3.05) is 11.4 Å². The first-order valence-electron chi connectivity index (χ1n) is 5.31. The normalized spacial score (nSPS) is 21.3. The number of benzene rings is 1. The zero-order chi connectivity index (χ0) is 11.7. The van der Waals surface area contributed by atoms with Gasteiger partial charge in [-0.05, 0) is 41.1 Å². The Morgan fingerprint density at radius 2 is 2.25 bits per heavy atom. The molecule has 4 heteroatoms. The Bertz CT molecular complexity index is 421. The van der Waals surface area contributed by atoms with E-state index in [4.69, 9.17) is 0 Å². The molecule has 0 N–H and O–H groups in total. The van der Waals surface area contributed by atoms with Crippen molar-refractivity contribution in [2.24, 2.45) is 0 Å². The Morgan fingerprint density at radius 3 is 2.94 bits per heavy atom. The molecule has 2 rings (SSSR count). The van der Waals surface area contributed by atoms with Gasteiger partial charge in [0.2, 0.25) is 0 Å². The van der Waals surface area contributed by atoms with Gasteiger partial charge in [0.25, 0.3) is 0 Å². The lowest BCUT2D eigenvalue weighted by Crippen LogP contribution is -2.41. The fourth-order valence-electron chi connectivity index (χ4n) is 2.07. The molecule has 0 aliphatic carbocycles. The minimum atomic E-state index is -0.248. The minimum Gasteiger partial charge on any atom is -0.367 e. The number of anilines is 1. The lowest BCUT2D eigenvalue weighted by Gasteiger charge is -2.35. The molecule has 0 amide bonds. The van der Waals surface area contributed by atoms with Crippen LogP contribution in [0.1, 0.15) is 19.8 Å². The molecule has 0 radical (unpaired) electrons. The van der Waals surface area contributed by atoms with Crippen LogP contribution in [0.3, 0.4) is 0 Å². The molecule has 0 saturated carbocycles. The number of nitrogens with zero attached hydrogens (tertiary/aromatic N) is 1. The second kappa shape index (κ2) is 4.53. The van der Waals surface area contributed by atoms with Crippen LogP contribution in [0.25, 0.3) is 0 Å². The first kappa shape index (κ1) is 11.6. The van der Waals surface area contributed by atoms with Crippen molar-refractivity contribution in [2.45, 2.75) is 25.8 Å². The fourth-order valence-corrected chi connectivity index (χ4v) is 2.55. The van der Waals surface area contributed by atoms with Crippen LogP contribution in [-0.2, 0) is 4.79 Å². The maximum Gasteiger partial charge on any atom is 0.136 e. The van der Waals surface area contributed by atoms with E-state index in [9.17, 15) is 9.18 Å². The summed E-state index contributed by atoms with van der Waals surface area (Å²) in [5.41, 5.74) is 0.833. The van der Waals surface area contributed by atoms with Crippen molar-refractivity contribution in [1.82, 2.24) is 0 Å². The summed E-state index contributed by atoms with van der Waals surface area (Å²) >= 11 is 3.42. The van der Waals surface area contributed by atoms with Crippen LogP contribution in [0.2, 0.25) is 0 Å². The van der Waals surface area contributed by atoms with Crippen LogP contribution < -0.4 is 4.90 Å². The molecule has 1 saturated heterocycles. The van der Waals surface area contributed by atoms with E-state index >= 15 is 0 Å². The van der Waals surface area contributed by atoms with Gasteiger partial charge in [0.15, 0.2) is 0 Å². The van der Waals surface area contributed by atoms with E-state index in [0.717, 1.165) is 10.2 Å². The quantitative estimate of drug-likeness (QED) is 0.790. The fraction of sp³-hybridized carbons (Fsp3) is 0.417. The second-order valence-electron chi connectivity index (χ2n) is 4.13. The Labute approximate surface area is 103 Å². The van der Waals surface area contributed by atoms with Gasteiger partial charge in [-0.15, -0.1) is 0 Å². The van der Waals surface area contributed by atoms with E-state index in [1.54, 1.807) is 6.07 Å². The van der Waals surface area contributed by atoms with Crippen LogP contribution in [0.5, 0.6) is 0 Å². The molecule has 0 bridgehead atoms. The van der Waals surface area contributed by atoms with E-state index in [0.29, 0.717) is 19.4 Å². The van der Waals surface area contributed by atoms with Crippen molar-refractivity contribution >= 4 is 27.4 Å². The first-order valence-corrected chi connectivity index (χ1v) is 6.10. The largest absolute Gasteiger partial charge is 0.367 e. The molecule has 1 heterocycles. The van der Waals surface area contributed by atoms with Crippen LogP contribution in [-0.4, -0.2) is 18.4 Å². The predicted molar refractivity (Wildman–Crippen MR) is 65.1 cm³/mol. The van der Waals surface area contributed by atoms with Gasteiger partial charge in [0.05, 0.1) is 5.69 Å². The molecule has 86 valence electrons. The molecule has 1 aromatic rings. The third kappa shape index (κ3) is 2.26. The zero-order valence-electron chi connectivity index (χ0n) is 9.04. The number of halogens is 2. The van der Waals surface area contributed by atoms with Gasteiger partial charge in [0.1, 0.15) is 11.6 Å². The highest BCUT2D eigenvalue weighted by Crippen LogP contribution is 2.31. The standard InChI is InChI=1S/C12H13BrFNO/c1-8-6-10(16)4-5-15(8)12-7-9(14)2-3-11(12)13/h2-3,7-8H,4-6H2,1H3. The SMILES string of the molecule is CC1CC(=O)CCN1c1cc(F)ccc1Br. The summed E-state index contributed by atoms with van der Waals surface area (Å²) in [6.45, 7) is 2.66. The minimum absolute atomic E-state index is 0.138. The highest BCUT2D eigenvalue weighted by Gasteiger charge is 2.25. The molecular weight excluding hydrogens is 273 g/mol. The summed E-state index contributed by atoms with van der Waals surface area (Å²) in [6.07, 6.45) is 1.09. The van der Waals surface area contributed by atoms with Crippen molar-refractivity contribution in [3.8, 4) is 0 Å². The monoisotopic (exact) mass is 285 g/mol. The number of piperidine rings is 1. The molecule has 1 atom stereocenters. The Hall–Kier alpha value is -0.900. The molecule has 1 fully saturated rings. The third-order valence-corrected chi connectivity index (χ3v) is 3.57. The number of hydrogen-bond donors (Lipinski definition) is 0. The summed E-state index contributed by atoms with van der Waals surface area (Å²) in [5, 5.41) is 0. The molecule has 1 unspecified atom stereocenters. The highest BCUT2D eigenvalue weighted by molar-refractivity contribution is 9.10. The van der Waals surface area contributed by atoms with Crippen LogP contribution in [0, 0.1) is 5.82 Å². The summed E-state index contributed by atoms with van der Waals surface area (Å²) in [7, 11) is 0. The van der Waals surface area contributed by atoms with Crippen molar-refractivity contribution in [3.63, 3.8) is 0 Å². The second-order valence-corrected chi connectivity index (χ2v) is 4.99. The van der Waals surface area contributed by atoms with Crippen LogP contribution in [0.15, 0.2) is 22.7 Å². The smallest absolute Gasteiger partial charge is 0.136 e. The number of rotatable bonds is 1. The Kier molecular flexibility index (Phi) is 3.28. The lowest BCUT2D eigenvalue weighted by molar-refractivity contribution is -0.120. The van der Waals surface area contributed by atoms with E-state index < -0.39 is 0 Å². The van der Waals surface area contributed by atoms with Gasteiger partial charge in [0, 0.05) is 29.9 Å². The van der Waals surface area contributed by atoms with Gasteiger partial charge in [-0.25, -0.2) is 4.39 Å². The van der Waals surface area contributed by atoms with Crippen molar-refractivity contribution in [3.05, 3.63) is 28.5 Å². The number of Topliss-reactive ketones (excluding diaryl/α,β-unsaturated/α-hetero) is 1. The van der Waals surface area contributed by atoms with Gasteiger partial charge in [-0.1, -0.05) is 0 Å². The zero-order valence-corrected chi connectivity index (χ0v) is 10.6. The maximum atomic E-state index is 13.2. The van der Waals surface area contributed by atoms with Gasteiger partial charge in [-0.2, -0.15) is 0 Å². The van der Waals surface area contributed by atoms with Gasteiger partial charge < -0.3 is 4.90 Å². The van der Waals surface area contributed by atoms with Gasteiger partial charge in [-0.3, -0.25) is 4.79 Å². The number of carbonyl (C=O) groups is 1. The van der Waals surface area contributed by atoms with Crippen molar-refractivity contribution in [1.29, 1.82) is 0 Å². The maximum absolute atomic E-state index is 13.2. The van der Waals surface area contributed by atoms with Gasteiger partial charge >= 0.3 is 0 Å². The van der Waals surface area contributed by atoms with E-state index in [2.05, 4.69) is 20.8 Å². The molecule has 1 aromatic carbocycles. The first-order chi connectivity index (χ1) is 7.58. The Balaban J connectivity index is 2.29. The molecule has 2 nitrogen and oxygen atoms in total. The van der Waals surface area contributed by atoms with E-state index in [1.807, 2.05) is 6.92 Å². The lowest BCUT2D eigenvalue weighted by atomic mass is 10.0. The molecule has 0 spiro atoms. The summed E-state index contributed by atoms with van der Waals surface area (Å²) < 4.78 is 14.1. The Morgan fingerprint density at radius 1 is 1.50 bits per heavy atom. The average molecular weight is 286 g/mol. The van der Waals surface area contributed by atoms with Crippen LogP contribution in [0.4, 0.5) is 10.1 Å². The summed E-state index contributed by atoms with van der Waals surface area (Å²) in [5.74, 6) is 0.0403. The van der Waals surface area contributed by atoms with Crippen molar-refractivity contribution < 1.29 is 9.18 Å². The predicted octanol–water partition coefficient (Wildman–Crippen LogP) is 3.15. The van der Waals surface area contributed by atoms with Crippen LogP contribution >= 0.6 is 15.9 Å². The molecule has 1 aliphatic rings. The molecular formula is C12H13BrFNO. The highest BCUT2D eigenvalue weighted by atomic mass is 79.9. The third-order valence-electron chi connectivity index (χ3n) is 2.90. The average Bonchev–Trinajstić information content (AvgIpc) is 2.22. The molecule has 16 heavy (non-hydrogen) atoms. The number of hydrogen-bond acceptors (Lipinski definition) is 2. The topological polar surface area (TPSA) is 20.3 Å². The molecule has 0 aromatic heterocycles. The number of ketones is 1.